The second-order valence-electron chi connectivity index (χ2n) is 14.1. The van der Waals surface area contributed by atoms with Crippen LogP contribution in [-0.4, -0.2) is 0 Å². The minimum absolute atomic E-state index is 0.897. The molecule has 0 saturated heterocycles. The molecule has 2 nitrogen and oxygen atoms in total. The Morgan fingerprint density at radius 3 is 1.78 bits per heavy atom. The Morgan fingerprint density at radius 2 is 0.964 bits per heavy atom. The van der Waals surface area contributed by atoms with E-state index in [2.05, 4.69) is 205 Å². The minimum atomic E-state index is 0.897. The standard InChI is InChI=1S/C52H33NOS/c1-2-10-34(11-3-1)35-20-22-36(23-21-35)37-24-27-40(28-25-37)53(42-29-31-46-45-16-6-7-19-49(45)55-50(46)33-42)41-14-8-13-39(32-41)43-17-9-18-48-51(43)47-30-26-38-12-4-5-15-44(38)52(47)54-48/h1-33H. The van der Waals surface area contributed by atoms with Gasteiger partial charge < -0.3 is 9.32 Å². The van der Waals surface area contributed by atoms with Crippen molar-refractivity contribution >= 4 is 81.3 Å². The predicted molar refractivity (Wildman–Crippen MR) is 235 cm³/mol. The zero-order valence-electron chi connectivity index (χ0n) is 29.8. The third-order valence-corrected chi connectivity index (χ3v) is 12.0. The maximum absolute atomic E-state index is 6.58. The Labute approximate surface area is 322 Å². The zero-order chi connectivity index (χ0) is 36.3. The number of fused-ring (bicyclic) bond motifs is 8. The molecule has 258 valence electrons. The van der Waals surface area contributed by atoms with Crippen molar-refractivity contribution in [2.75, 3.05) is 4.90 Å². The van der Waals surface area contributed by atoms with Gasteiger partial charge >= 0.3 is 0 Å². The highest BCUT2D eigenvalue weighted by Gasteiger charge is 2.18. The van der Waals surface area contributed by atoms with E-state index >= 15 is 0 Å². The molecule has 0 aliphatic heterocycles. The molecule has 2 aromatic heterocycles. The summed E-state index contributed by atoms with van der Waals surface area (Å²) < 4.78 is 9.16. The van der Waals surface area contributed by atoms with Gasteiger partial charge in [-0.1, -0.05) is 146 Å². The SMILES string of the molecule is c1ccc(-c2ccc(-c3ccc(N(c4cccc(-c5cccc6oc7c8ccccc8ccc7c56)c4)c4ccc5c(c4)sc4ccccc45)cc3)cc2)cc1. The first-order chi connectivity index (χ1) is 27.2. The molecule has 0 atom stereocenters. The summed E-state index contributed by atoms with van der Waals surface area (Å²) in [5.74, 6) is 0. The van der Waals surface area contributed by atoms with Gasteiger partial charge in [0.1, 0.15) is 11.2 Å². The van der Waals surface area contributed by atoms with Gasteiger partial charge in [0.25, 0.3) is 0 Å². The van der Waals surface area contributed by atoms with E-state index in [1.54, 1.807) is 0 Å². The summed E-state index contributed by atoms with van der Waals surface area (Å²) >= 11 is 1.85. The third kappa shape index (κ3) is 5.40. The number of hydrogen-bond donors (Lipinski definition) is 0. The van der Waals surface area contributed by atoms with Crippen molar-refractivity contribution in [1.82, 2.24) is 0 Å². The first-order valence-electron chi connectivity index (χ1n) is 18.7. The van der Waals surface area contributed by atoms with Crippen LogP contribution in [0, 0.1) is 0 Å². The molecule has 2 heterocycles. The summed E-state index contributed by atoms with van der Waals surface area (Å²) in [4.78, 5) is 2.39. The van der Waals surface area contributed by atoms with E-state index in [0.717, 1.165) is 55.5 Å². The third-order valence-electron chi connectivity index (χ3n) is 10.9. The Balaban J connectivity index is 1.04. The number of thiophene rings is 1. The van der Waals surface area contributed by atoms with E-state index < -0.39 is 0 Å². The maximum Gasteiger partial charge on any atom is 0.143 e. The number of furan rings is 1. The van der Waals surface area contributed by atoms with Gasteiger partial charge in [-0.25, -0.2) is 0 Å². The quantitative estimate of drug-likeness (QED) is 0.170. The maximum atomic E-state index is 6.58. The first-order valence-corrected chi connectivity index (χ1v) is 19.5. The fraction of sp³-hybridized carbons (Fsp3) is 0. The number of benzene rings is 9. The van der Waals surface area contributed by atoms with Gasteiger partial charge in [-0.05, 0) is 93.4 Å². The lowest BCUT2D eigenvalue weighted by atomic mass is 9.97. The van der Waals surface area contributed by atoms with Crippen LogP contribution in [0.5, 0.6) is 0 Å². The monoisotopic (exact) mass is 719 g/mol. The average molecular weight is 720 g/mol. The normalized spacial score (nSPS) is 11.6. The number of anilines is 3. The van der Waals surface area contributed by atoms with Crippen molar-refractivity contribution in [3.63, 3.8) is 0 Å². The molecular formula is C52H33NOS. The van der Waals surface area contributed by atoms with E-state index in [1.807, 2.05) is 11.3 Å². The van der Waals surface area contributed by atoms with E-state index in [9.17, 15) is 0 Å². The zero-order valence-corrected chi connectivity index (χ0v) is 30.6. The van der Waals surface area contributed by atoms with Gasteiger partial charge in [-0.3, -0.25) is 0 Å². The van der Waals surface area contributed by atoms with Crippen LogP contribution >= 0.6 is 11.3 Å². The molecule has 0 aliphatic carbocycles. The molecule has 11 rings (SSSR count). The molecule has 3 heteroatoms. The van der Waals surface area contributed by atoms with Crippen LogP contribution in [0.3, 0.4) is 0 Å². The van der Waals surface area contributed by atoms with Gasteiger partial charge in [0, 0.05) is 53.4 Å². The molecule has 0 bridgehead atoms. The van der Waals surface area contributed by atoms with Crippen LogP contribution in [-0.2, 0) is 0 Å². The van der Waals surface area contributed by atoms with Gasteiger partial charge in [-0.15, -0.1) is 11.3 Å². The van der Waals surface area contributed by atoms with Crippen LogP contribution in [0.4, 0.5) is 17.1 Å². The fourth-order valence-electron chi connectivity index (χ4n) is 8.20. The van der Waals surface area contributed by atoms with Crippen molar-refractivity contribution in [3.05, 3.63) is 200 Å². The lowest BCUT2D eigenvalue weighted by Crippen LogP contribution is -2.10. The summed E-state index contributed by atoms with van der Waals surface area (Å²) in [6.07, 6.45) is 0. The van der Waals surface area contributed by atoms with Crippen LogP contribution in [0.1, 0.15) is 0 Å². The van der Waals surface area contributed by atoms with Gasteiger partial charge in [0.05, 0.1) is 0 Å². The Morgan fingerprint density at radius 1 is 0.364 bits per heavy atom. The second kappa shape index (κ2) is 12.9. The van der Waals surface area contributed by atoms with Gasteiger partial charge in [0.15, 0.2) is 0 Å². The Bertz CT molecular complexity index is 3190. The molecule has 0 aliphatic rings. The molecule has 0 amide bonds. The van der Waals surface area contributed by atoms with Crippen LogP contribution in [0.2, 0.25) is 0 Å². The van der Waals surface area contributed by atoms with E-state index in [-0.39, 0.29) is 0 Å². The molecule has 11 aromatic rings. The minimum Gasteiger partial charge on any atom is -0.455 e. The topological polar surface area (TPSA) is 16.4 Å². The molecule has 0 radical (unpaired) electrons. The van der Waals surface area contributed by atoms with Crippen molar-refractivity contribution < 1.29 is 4.42 Å². The number of rotatable bonds is 6. The average Bonchev–Trinajstić information content (AvgIpc) is 3.83. The van der Waals surface area contributed by atoms with Crippen LogP contribution < -0.4 is 4.90 Å². The first kappa shape index (κ1) is 31.6. The molecule has 9 aromatic carbocycles. The summed E-state index contributed by atoms with van der Waals surface area (Å²) in [5, 5.41) is 7.18. The van der Waals surface area contributed by atoms with Crippen LogP contribution in [0.25, 0.3) is 86.3 Å². The molecule has 0 spiro atoms. The Hall–Kier alpha value is -6.94. The summed E-state index contributed by atoms with van der Waals surface area (Å²) in [6, 6.07) is 72.2. The fourth-order valence-corrected chi connectivity index (χ4v) is 9.34. The summed E-state index contributed by atoms with van der Waals surface area (Å²) in [5.41, 5.74) is 12.3. The van der Waals surface area contributed by atoms with E-state index in [1.165, 1.54) is 47.8 Å². The molecular weight excluding hydrogens is 687 g/mol. The molecule has 0 fully saturated rings. The highest BCUT2D eigenvalue weighted by molar-refractivity contribution is 7.25. The molecule has 0 saturated carbocycles. The van der Waals surface area contributed by atoms with Crippen LogP contribution in [0.15, 0.2) is 205 Å². The van der Waals surface area contributed by atoms with Crippen molar-refractivity contribution in [1.29, 1.82) is 0 Å². The molecule has 0 N–H and O–H groups in total. The largest absolute Gasteiger partial charge is 0.455 e. The van der Waals surface area contributed by atoms with E-state index in [0.29, 0.717) is 0 Å². The lowest BCUT2D eigenvalue weighted by Gasteiger charge is -2.26. The molecule has 55 heavy (non-hydrogen) atoms. The van der Waals surface area contributed by atoms with Crippen molar-refractivity contribution in [3.8, 4) is 33.4 Å². The van der Waals surface area contributed by atoms with E-state index in [4.69, 9.17) is 4.42 Å². The van der Waals surface area contributed by atoms with Crippen molar-refractivity contribution in [2.45, 2.75) is 0 Å². The predicted octanol–water partition coefficient (Wildman–Crippen LogP) is 15.6. The van der Waals surface area contributed by atoms with Gasteiger partial charge in [0.2, 0.25) is 0 Å². The summed E-state index contributed by atoms with van der Waals surface area (Å²) in [6.45, 7) is 0. The summed E-state index contributed by atoms with van der Waals surface area (Å²) in [7, 11) is 0. The second-order valence-corrected chi connectivity index (χ2v) is 15.2. The molecule has 0 unspecified atom stereocenters. The van der Waals surface area contributed by atoms with Crippen molar-refractivity contribution in [2.24, 2.45) is 0 Å². The smallest absolute Gasteiger partial charge is 0.143 e. The van der Waals surface area contributed by atoms with Gasteiger partial charge in [-0.2, -0.15) is 0 Å². The number of hydrogen-bond acceptors (Lipinski definition) is 3. The highest BCUT2D eigenvalue weighted by Crippen LogP contribution is 2.44. The number of nitrogens with zero attached hydrogens (tertiary/aromatic N) is 1. The lowest BCUT2D eigenvalue weighted by molar-refractivity contribution is 0.673. The Kier molecular flexibility index (Phi) is 7.39. The highest BCUT2D eigenvalue weighted by atomic mass is 32.1.